The smallest absolute Gasteiger partial charge is 0.418 e. The zero-order chi connectivity index (χ0) is 25.8. The second-order valence-electron chi connectivity index (χ2n) is 8.31. The quantitative estimate of drug-likeness (QED) is 0.407. The summed E-state index contributed by atoms with van der Waals surface area (Å²) in [5.41, 5.74) is -0.423. The molecule has 3 aromatic rings. The van der Waals surface area contributed by atoms with Crippen LogP contribution < -0.4 is 20.7 Å². The molecule has 0 saturated heterocycles. The first-order chi connectivity index (χ1) is 17.2. The van der Waals surface area contributed by atoms with Gasteiger partial charge in [0, 0.05) is 24.6 Å². The van der Waals surface area contributed by atoms with E-state index in [1.165, 1.54) is 30.9 Å². The van der Waals surface area contributed by atoms with Gasteiger partial charge in [-0.05, 0) is 55.7 Å². The molecule has 1 aliphatic carbocycles. The lowest BCUT2D eigenvalue weighted by atomic mass is 10.1. The zero-order valence-corrected chi connectivity index (χ0v) is 19.4. The number of anilines is 2. The van der Waals surface area contributed by atoms with Gasteiger partial charge in [-0.3, -0.25) is 9.59 Å². The van der Waals surface area contributed by atoms with Gasteiger partial charge >= 0.3 is 6.18 Å². The molecule has 0 atom stereocenters. The van der Waals surface area contributed by atoms with Crippen molar-refractivity contribution in [2.75, 3.05) is 11.9 Å². The molecule has 188 valence electrons. The maximum atomic E-state index is 13.5. The summed E-state index contributed by atoms with van der Waals surface area (Å²) in [5, 5.41) is 8.34. The van der Waals surface area contributed by atoms with Crippen molar-refractivity contribution >= 4 is 23.2 Å². The Hall–Kier alpha value is -4.15. The third-order valence-corrected chi connectivity index (χ3v) is 5.65. The summed E-state index contributed by atoms with van der Waals surface area (Å²) in [5.74, 6) is -0.589. The molecule has 2 aromatic carbocycles. The summed E-state index contributed by atoms with van der Waals surface area (Å²) < 4.78 is 45.8. The van der Waals surface area contributed by atoms with Gasteiger partial charge in [-0.1, -0.05) is 12.1 Å². The minimum Gasteiger partial charge on any atom is -0.494 e. The number of halogens is 3. The van der Waals surface area contributed by atoms with E-state index in [-0.39, 0.29) is 36.1 Å². The Bertz CT molecular complexity index is 1230. The number of nitrogens with one attached hydrogen (secondary N) is 3. The number of ether oxygens (including phenoxy) is 1. The molecule has 3 N–H and O–H groups in total. The van der Waals surface area contributed by atoms with Gasteiger partial charge in [0.05, 0.1) is 23.4 Å². The van der Waals surface area contributed by atoms with Crippen LogP contribution in [-0.4, -0.2) is 33.9 Å². The average Bonchev–Trinajstić information content (AvgIpc) is 3.65. The van der Waals surface area contributed by atoms with E-state index in [0.29, 0.717) is 18.5 Å². The van der Waals surface area contributed by atoms with E-state index in [9.17, 15) is 22.8 Å². The molecule has 0 unspecified atom stereocenters. The largest absolute Gasteiger partial charge is 0.494 e. The molecular formula is C25H24F3N5O3. The van der Waals surface area contributed by atoms with Gasteiger partial charge in [0.2, 0.25) is 5.91 Å². The van der Waals surface area contributed by atoms with E-state index in [1.807, 2.05) is 0 Å². The van der Waals surface area contributed by atoms with E-state index in [0.717, 1.165) is 11.6 Å². The molecule has 0 radical (unpaired) electrons. The molecule has 1 aliphatic rings. The highest BCUT2D eigenvalue weighted by molar-refractivity contribution is 6.00. The van der Waals surface area contributed by atoms with Gasteiger partial charge in [0.1, 0.15) is 17.6 Å². The zero-order valence-electron chi connectivity index (χ0n) is 19.4. The van der Waals surface area contributed by atoms with E-state index in [4.69, 9.17) is 4.74 Å². The van der Waals surface area contributed by atoms with Crippen LogP contribution in [0.4, 0.5) is 24.5 Å². The molecule has 1 fully saturated rings. The predicted octanol–water partition coefficient (Wildman–Crippen LogP) is 4.22. The molecular weight excluding hydrogens is 475 g/mol. The minimum atomic E-state index is -4.55. The van der Waals surface area contributed by atoms with Gasteiger partial charge in [-0.15, -0.1) is 0 Å². The van der Waals surface area contributed by atoms with Crippen molar-refractivity contribution in [2.45, 2.75) is 38.0 Å². The molecule has 36 heavy (non-hydrogen) atoms. The molecule has 1 saturated carbocycles. The van der Waals surface area contributed by atoms with Crippen LogP contribution in [0.3, 0.4) is 0 Å². The summed E-state index contributed by atoms with van der Waals surface area (Å²) in [7, 11) is 0. The average molecular weight is 499 g/mol. The number of benzene rings is 2. The van der Waals surface area contributed by atoms with Gasteiger partial charge in [0.15, 0.2) is 0 Å². The van der Waals surface area contributed by atoms with Gasteiger partial charge < -0.3 is 20.7 Å². The number of amides is 2. The van der Waals surface area contributed by atoms with E-state index >= 15 is 0 Å². The van der Waals surface area contributed by atoms with Crippen molar-refractivity contribution in [3.8, 4) is 5.75 Å². The lowest BCUT2D eigenvalue weighted by Gasteiger charge is -2.18. The molecule has 11 heteroatoms. The van der Waals surface area contributed by atoms with Gasteiger partial charge in [-0.2, -0.15) is 13.2 Å². The summed E-state index contributed by atoms with van der Waals surface area (Å²) in [6.45, 7) is 2.16. The molecule has 4 rings (SSSR count). The third kappa shape index (κ3) is 5.91. The van der Waals surface area contributed by atoms with Crippen LogP contribution in [0.15, 0.2) is 61.2 Å². The summed E-state index contributed by atoms with van der Waals surface area (Å²) in [6, 6.07) is 10.4. The molecule has 1 aromatic heterocycles. The molecule has 1 heterocycles. The summed E-state index contributed by atoms with van der Waals surface area (Å²) in [6.07, 6.45) is 0.537. The third-order valence-electron chi connectivity index (χ3n) is 5.65. The summed E-state index contributed by atoms with van der Waals surface area (Å²) in [4.78, 5) is 32.6. The number of rotatable bonds is 9. The molecule has 0 bridgehead atoms. The lowest BCUT2D eigenvalue weighted by Crippen LogP contribution is -2.48. The van der Waals surface area contributed by atoms with Crippen molar-refractivity contribution in [1.82, 2.24) is 20.6 Å². The second kappa shape index (κ2) is 10.2. The monoisotopic (exact) mass is 499 g/mol. The number of aromatic nitrogens is 2. The van der Waals surface area contributed by atoms with Crippen LogP contribution in [0.1, 0.15) is 41.3 Å². The fraction of sp³-hybridized carbons (Fsp3) is 0.280. The Morgan fingerprint density at radius 3 is 2.36 bits per heavy atom. The molecule has 0 spiro atoms. The van der Waals surface area contributed by atoms with Crippen LogP contribution >= 0.6 is 0 Å². The maximum absolute atomic E-state index is 13.5. The highest BCUT2D eigenvalue weighted by Gasteiger charge is 2.51. The van der Waals surface area contributed by atoms with Crippen molar-refractivity contribution in [2.24, 2.45) is 0 Å². The number of hydrogen-bond donors (Lipinski definition) is 3. The summed E-state index contributed by atoms with van der Waals surface area (Å²) >= 11 is 0. The van der Waals surface area contributed by atoms with Crippen LogP contribution in [-0.2, 0) is 17.5 Å². The van der Waals surface area contributed by atoms with Crippen molar-refractivity contribution in [1.29, 1.82) is 0 Å². The standard InChI is InChI=1S/C25H24F3N5O3/c1-2-36-19-7-8-21(20(11-19)25(26,27)28)32-18-5-3-16(4-6-18)12-31-23(35)24(9-10-24)33-22(34)17-13-29-15-30-14-17/h3-8,11,13-15,32H,2,9-10,12H2,1H3,(H,31,35)(H,33,34). The maximum Gasteiger partial charge on any atom is 0.418 e. The number of hydrogen-bond acceptors (Lipinski definition) is 6. The Kier molecular flexibility index (Phi) is 7.09. The van der Waals surface area contributed by atoms with E-state index < -0.39 is 23.2 Å². The lowest BCUT2D eigenvalue weighted by molar-refractivity contribution is -0.137. The number of alkyl halides is 3. The van der Waals surface area contributed by atoms with Crippen molar-refractivity contribution in [3.05, 3.63) is 77.9 Å². The van der Waals surface area contributed by atoms with Crippen LogP contribution in [0.2, 0.25) is 0 Å². The number of nitrogens with zero attached hydrogens (tertiary/aromatic N) is 2. The molecule has 8 nitrogen and oxygen atoms in total. The Morgan fingerprint density at radius 2 is 1.75 bits per heavy atom. The van der Waals surface area contributed by atoms with E-state index in [2.05, 4.69) is 25.9 Å². The van der Waals surface area contributed by atoms with Crippen molar-refractivity contribution in [3.63, 3.8) is 0 Å². The van der Waals surface area contributed by atoms with Crippen LogP contribution in [0.25, 0.3) is 0 Å². The Balaban J connectivity index is 1.36. The first-order valence-corrected chi connectivity index (χ1v) is 11.3. The van der Waals surface area contributed by atoms with Crippen LogP contribution in [0, 0.1) is 0 Å². The normalized spacial score (nSPS) is 14.0. The highest BCUT2D eigenvalue weighted by Crippen LogP contribution is 2.38. The first-order valence-electron chi connectivity index (χ1n) is 11.3. The predicted molar refractivity (Wildman–Crippen MR) is 126 cm³/mol. The first kappa shape index (κ1) is 25.0. The van der Waals surface area contributed by atoms with Gasteiger partial charge in [0.25, 0.3) is 5.91 Å². The topological polar surface area (TPSA) is 105 Å². The molecule has 2 amide bonds. The fourth-order valence-electron chi connectivity index (χ4n) is 3.58. The van der Waals surface area contributed by atoms with E-state index in [1.54, 1.807) is 31.2 Å². The fourth-order valence-corrected chi connectivity index (χ4v) is 3.58. The molecule has 0 aliphatic heterocycles. The van der Waals surface area contributed by atoms with Gasteiger partial charge in [-0.25, -0.2) is 9.97 Å². The Labute approximate surface area is 205 Å². The number of carbonyl (C=O) groups is 2. The van der Waals surface area contributed by atoms with Crippen LogP contribution in [0.5, 0.6) is 5.75 Å². The van der Waals surface area contributed by atoms with Crippen molar-refractivity contribution < 1.29 is 27.5 Å². The Morgan fingerprint density at radius 1 is 1.06 bits per heavy atom. The second-order valence-corrected chi connectivity index (χ2v) is 8.31. The minimum absolute atomic E-state index is 0.0951. The highest BCUT2D eigenvalue weighted by atomic mass is 19.4. The number of carbonyl (C=O) groups excluding carboxylic acids is 2. The SMILES string of the molecule is CCOc1ccc(Nc2ccc(CNC(=O)C3(NC(=O)c4cncnc4)CC3)cc2)c(C(F)(F)F)c1.